The number of rotatable bonds is 10. The monoisotopic (exact) mass is 704 g/mol. The van der Waals surface area contributed by atoms with Crippen LogP contribution >= 0.6 is 0 Å². The number of phenols is 2. The van der Waals surface area contributed by atoms with Gasteiger partial charge in [-0.25, -0.2) is 0 Å². The molecule has 2 heterocycles. The smallest absolute Gasteiger partial charge is 0.261 e. The number of ketones is 1. The molecule has 0 aromatic heterocycles. The number of hydrogen-bond acceptors (Lipinski definition) is 13. The average molecular weight is 705 g/mol. The predicted octanol–water partition coefficient (Wildman–Crippen LogP) is 3.07. The molecule has 3 N–H and O–H groups in total. The number of amides is 1. The summed E-state index contributed by atoms with van der Waals surface area (Å²) in [5.41, 5.74) is 1.58. The van der Waals surface area contributed by atoms with Gasteiger partial charge in [0.05, 0.1) is 41.1 Å². The number of carbonyl (C=O) groups excluding carboxylic acids is 2. The number of Topliss-reactive ketones (excluding diaryl/α,β-unsaturated/α-hetero) is 1. The number of hydrogen-bond donors (Lipinski definition) is 3. The molecule has 49 heavy (non-hydrogen) atoms. The summed E-state index contributed by atoms with van der Waals surface area (Å²) in [5.74, 6) is 1.51. The first-order valence-corrected chi connectivity index (χ1v) is 16.9. The quantitative estimate of drug-likeness (QED) is 0.261. The highest BCUT2D eigenvalue weighted by Crippen LogP contribution is 2.43. The highest BCUT2D eigenvalue weighted by molar-refractivity contribution is 7.85. The minimum Gasteiger partial charge on any atom is -0.507 e. The number of phenolic OH excluding ortho intramolecular Hbond substituents is 2. The molecule has 1 amide bonds. The van der Waals surface area contributed by atoms with Gasteiger partial charge in [-0.15, -0.1) is 0 Å². The number of fused-ring (bicyclic) bond motifs is 1. The number of ether oxygens (including phenoxy) is 6. The normalized spacial score (nSPS) is 16.0. The van der Waals surface area contributed by atoms with Gasteiger partial charge in [-0.2, -0.15) is 8.42 Å². The molecule has 0 spiro atoms. The van der Waals surface area contributed by atoms with Crippen LogP contribution in [0.2, 0.25) is 0 Å². The molecule has 1 saturated heterocycles. The van der Waals surface area contributed by atoms with Gasteiger partial charge in [0.2, 0.25) is 5.75 Å². The second kappa shape index (κ2) is 16.0. The minimum absolute atomic E-state index is 0.0181. The molecular weight excluding hydrogens is 664 g/mol. The third kappa shape index (κ3) is 9.37. The fraction of sp³-hybridized carbons (Fsp3) is 0.394. The summed E-state index contributed by atoms with van der Waals surface area (Å²) in [7, 11) is 2.52. The molecule has 1 atom stereocenters. The fourth-order valence-electron chi connectivity index (χ4n) is 5.51. The largest absolute Gasteiger partial charge is 0.507 e. The van der Waals surface area contributed by atoms with E-state index in [0.717, 1.165) is 5.56 Å². The second-order valence-electron chi connectivity index (χ2n) is 11.2. The van der Waals surface area contributed by atoms with Gasteiger partial charge in [-0.1, -0.05) is 12.1 Å². The standard InChI is InChI=1S/C32H36N2O10.CH4O3S/c1-39-25-7-5-19(13-22(25)35)27-16-24(37)30-23(36)14-21(15-28(30)44-27)43-18-29(38)34-11-9-33(10-12-34)17-20-6-8-26(40-2)32(42-4)31(20)41-3;1-5(2,3)4/h5-8,13-15,27,35-36H,9-12,16-18H2,1-4H3;1H3,(H,2,3,4). The first-order valence-electron chi connectivity index (χ1n) is 15.0. The van der Waals surface area contributed by atoms with Crippen LogP contribution in [0.25, 0.3) is 0 Å². The molecule has 1 fully saturated rings. The molecule has 16 heteroatoms. The Kier molecular flexibility index (Phi) is 12.0. The van der Waals surface area contributed by atoms with Gasteiger partial charge in [0.1, 0.15) is 28.9 Å². The van der Waals surface area contributed by atoms with E-state index in [4.69, 9.17) is 33.0 Å². The Balaban J connectivity index is 0.00000101. The minimum atomic E-state index is -3.67. The van der Waals surface area contributed by atoms with Gasteiger partial charge in [-0.05, 0) is 23.8 Å². The van der Waals surface area contributed by atoms with Crippen LogP contribution in [0.15, 0.2) is 42.5 Å². The Hall–Kier alpha value is -4.93. The summed E-state index contributed by atoms with van der Waals surface area (Å²) >= 11 is 0. The number of nitrogens with zero attached hydrogens (tertiary/aromatic N) is 2. The molecule has 0 radical (unpaired) electrons. The van der Waals surface area contributed by atoms with Crippen molar-refractivity contribution in [1.82, 2.24) is 9.80 Å². The summed E-state index contributed by atoms with van der Waals surface area (Å²) in [6, 6.07) is 11.3. The van der Waals surface area contributed by atoms with E-state index in [9.17, 15) is 28.2 Å². The molecular formula is C33H40N2O13S. The van der Waals surface area contributed by atoms with Gasteiger partial charge in [0, 0.05) is 50.4 Å². The van der Waals surface area contributed by atoms with Gasteiger partial charge >= 0.3 is 0 Å². The molecule has 2 aliphatic rings. The van der Waals surface area contributed by atoms with Crippen LogP contribution in [0.1, 0.15) is 34.0 Å². The molecule has 0 aliphatic carbocycles. The maximum Gasteiger partial charge on any atom is 0.261 e. The van der Waals surface area contributed by atoms with E-state index in [-0.39, 0.29) is 53.3 Å². The topological polar surface area (TPSA) is 191 Å². The lowest BCUT2D eigenvalue weighted by molar-refractivity contribution is -0.135. The van der Waals surface area contributed by atoms with Crippen molar-refractivity contribution < 1.29 is 61.2 Å². The van der Waals surface area contributed by atoms with E-state index in [1.54, 1.807) is 38.4 Å². The summed E-state index contributed by atoms with van der Waals surface area (Å²) < 4.78 is 59.2. The molecule has 3 aromatic carbocycles. The first kappa shape index (κ1) is 36.9. The van der Waals surface area contributed by atoms with Crippen LogP contribution in [0.4, 0.5) is 0 Å². The summed E-state index contributed by atoms with van der Waals surface area (Å²) in [5, 5.41) is 20.7. The van der Waals surface area contributed by atoms with Gasteiger partial charge in [0.25, 0.3) is 16.0 Å². The Morgan fingerprint density at radius 3 is 2.10 bits per heavy atom. The van der Waals surface area contributed by atoms with Crippen LogP contribution in [0.3, 0.4) is 0 Å². The molecule has 0 saturated carbocycles. The second-order valence-corrected chi connectivity index (χ2v) is 12.6. The molecule has 5 rings (SSSR count). The van der Waals surface area contributed by atoms with Crippen LogP contribution in [0.5, 0.6) is 46.0 Å². The van der Waals surface area contributed by atoms with E-state index < -0.39 is 16.2 Å². The third-order valence-electron chi connectivity index (χ3n) is 7.82. The van der Waals surface area contributed by atoms with Crippen molar-refractivity contribution in [3.05, 3.63) is 59.2 Å². The third-order valence-corrected chi connectivity index (χ3v) is 7.82. The van der Waals surface area contributed by atoms with Crippen molar-refractivity contribution in [3.63, 3.8) is 0 Å². The highest BCUT2D eigenvalue weighted by Gasteiger charge is 2.32. The van der Waals surface area contributed by atoms with Crippen molar-refractivity contribution in [1.29, 1.82) is 0 Å². The van der Waals surface area contributed by atoms with Gasteiger partial charge < -0.3 is 43.5 Å². The number of carbonyl (C=O) groups is 2. The lowest BCUT2D eigenvalue weighted by atomic mass is 9.95. The van der Waals surface area contributed by atoms with Crippen LogP contribution in [-0.4, -0.2) is 112 Å². The summed E-state index contributed by atoms with van der Waals surface area (Å²) in [6.07, 6.45) is 0.0151. The highest BCUT2D eigenvalue weighted by atomic mass is 32.2. The van der Waals surface area contributed by atoms with E-state index in [0.29, 0.717) is 67.5 Å². The van der Waals surface area contributed by atoms with Crippen molar-refractivity contribution >= 4 is 21.8 Å². The molecule has 266 valence electrons. The summed E-state index contributed by atoms with van der Waals surface area (Å²) in [4.78, 5) is 29.8. The van der Waals surface area contributed by atoms with Gasteiger partial charge in [-0.3, -0.25) is 19.0 Å². The zero-order valence-electron chi connectivity index (χ0n) is 27.8. The molecule has 1 unspecified atom stereocenters. The zero-order chi connectivity index (χ0) is 35.9. The summed E-state index contributed by atoms with van der Waals surface area (Å²) in [6.45, 7) is 2.71. The van der Waals surface area contributed by atoms with Crippen molar-refractivity contribution in [2.75, 3.05) is 67.5 Å². The van der Waals surface area contributed by atoms with E-state index in [1.807, 2.05) is 12.1 Å². The molecule has 15 nitrogen and oxygen atoms in total. The SMILES string of the molecule is COc1ccc(C2CC(=O)c3c(O)cc(OCC(=O)N4CCN(Cc5ccc(OC)c(OC)c5OC)CC4)cc3O2)cc1O.CS(=O)(=O)O. The first-order chi connectivity index (χ1) is 23.3. The van der Waals surface area contributed by atoms with Crippen LogP contribution in [-0.2, 0) is 21.5 Å². The average Bonchev–Trinajstić information content (AvgIpc) is 3.06. The van der Waals surface area contributed by atoms with Gasteiger partial charge in [0.15, 0.2) is 35.4 Å². The van der Waals surface area contributed by atoms with Crippen molar-refractivity contribution in [2.45, 2.75) is 19.1 Å². The fourth-order valence-corrected chi connectivity index (χ4v) is 5.51. The maximum atomic E-state index is 13.0. The van der Waals surface area contributed by atoms with Crippen molar-refractivity contribution in [2.24, 2.45) is 0 Å². The molecule has 3 aromatic rings. The van der Waals surface area contributed by atoms with Crippen LogP contribution < -0.4 is 28.4 Å². The Morgan fingerprint density at radius 2 is 1.51 bits per heavy atom. The van der Waals surface area contributed by atoms with Crippen LogP contribution in [0, 0.1) is 0 Å². The maximum absolute atomic E-state index is 13.0. The Labute approximate surface area is 284 Å². The lowest BCUT2D eigenvalue weighted by Gasteiger charge is -2.35. The number of piperazine rings is 1. The molecule has 2 aliphatic heterocycles. The lowest BCUT2D eigenvalue weighted by Crippen LogP contribution is -2.49. The Bertz CT molecular complexity index is 1760. The van der Waals surface area contributed by atoms with E-state index in [1.165, 1.54) is 25.3 Å². The number of benzene rings is 3. The number of methoxy groups -OCH3 is 4. The molecule has 0 bridgehead atoms. The van der Waals surface area contributed by atoms with E-state index in [2.05, 4.69) is 4.90 Å². The van der Waals surface area contributed by atoms with Crippen molar-refractivity contribution in [3.8, 4) is 46.0 Å². The van der Waals surface area contributed by atoms with E-state index >= 15 is 0 Å². The Morgan fingerprint density at radius 1 is 0.878 bits per heavy atom. The number of aromatic hydroxyl groups is 2. The predicted molar refractivity (Wildman–Crippen MR) is 176 cm³/mol. The zero-order valence-corrected chi connectivity index (χ0v) is 28.6.